The average Bonchev–Trinajstić information content (AvgIpc) is 2.80. The highest BCUT2D eigenvalue weighted by molar-refractivity contribution is 5.89. The van der Waals surface area contributed by atoms with Crippen molar-refractivity contribution in [3.05, 3.63) is 35.9 Å². The molecule has 2 rings (SSSR count). The van der Waals surface area contributed by atoms with Crippen molar-refractivity contribution < 1.29 is 4.79 Å². The van der Waals surface area contributed by atoms with Crippen LogP contribution in [0.25, 0.3) is 0 Å². The Labute approximate surface area is 118 Å². The Morgan fingerprint density at radius 1 is 1.11 bits per heavy atom. The molecule has 1 aromatic rings. The third kappa shape index (κ3) is 3.46. The number of carbonyl (C=O) groups is 1. The van der Waals surface area contributed by atoms with E-state index in [1.165, 1.54) is 5.56 Å². The van der Waals surface area contributed by atoms with Crippen molar-refractivity contribution >= 4 is 5.78 Å². The van der Waals surface area contributed by atoms with Gasteiger partial charge in [0.25, 0.3) is 0 Å². The van der Waals surface area contributed by atoms with Crippen LogP contribution < -0.4 is 0 Å². The minimum atomic E-state index is -0.000549. The first-order valence-electron chi connectivity index (χ1n) is 7.80. The lowest BCUT2D eigenvalue weighted by Gasteiger charge is -2.24. The summed E-state index contributed by atoms with van der Waals surface area (Å²) in [7, 11) is 0. The summed E-state index contributed by atoms with van der Waals surface area (Å²) in [4.78, 5) is 12.5. The van der Waals surface area contributed by atoms with Gasteiger partial charge in [-0.15, -0.1) is 0 Å². The summed E-state index contributed by atoms with van der Waals surface area (Å²) in [5.74, 6) is 0.781. The van der Waals surface area contributed by atoms with Gasteiger partial charge in [0.1, 0.15) is 5.78 Å². The van der Waals surface area contributed by atoms with Crippen LogP contribution in [-0.4, -0.2) is 5.78 Å². The molecule has 106 valence electrons. The van der Waals surface area contributed by atoms with Crippen molar-refractivity contribution in [2.75, 3.05) is 0 Å². The van der Waals surface area contributed by atoms with Crippen molar-refractivity contribution in [3.63, 3.8) is 0 Å². The molecule has 1 heteroatoms. The number of carbonyl (C=O) groups excluding carboxylic acids is 1. The number of hydrogen-bond acceptors (Lipinski definition) is 1. The van der Waals surface area contributed by atoms with Gasteiger partial charge in [0.15, 0.2) is 0 Å². The van der Waals surface area contributed by atoms with Crippen LogP contribution in [0.3, 0.4) is 0 Å². The molecule has 19 heavy (non-hydrogen) atoms. The highest BCUT2D eigenvalue weighted by Gasteiger charge is 2.44. The number of benzene rings is 1. The quantitative estimate of drug-likeness (QED) is 0.741. The summed E-state index contributed by atoms with van der Waals surface area (Å²) in [5.41, 5.74) is 1.30. The molecule has 1 aromatic carbocycles. The SMILES string of the molecule is CC.CCC1(CC)CCC(Cc2ccccc2)C1=O. The topological polar surface area (TPSA) is 17.1 Å². The van der Waals surface area contributed by atoms with E-state index in [-0.39, 0.29) is 11.3 Å². The van der Waals surface area contributed by atoms with E-state index < -0.39 is 0 Å². The third-order valence-corrected chi connectivity index (χ3v) is 4.54. The monoisotopic (exact) mass is 260 g/mol. The van der Waals surface area contributed by atoms with Crippen molar-refractivity contribution in [2.24, 2.45) is 11.3 Å². The van der Waals surface area contributed by atoms with Gasteiger partial charge in [0.05, 0.1) is 0 Å². The van der Waals surface area contributed by atoms with E-state index in [1.807, 2.05) is 19.9 Å². The number of rotatable bonds is 4. The summed E-state index contributed by atoms with van der Waals surface area (Å²) in [6.45, 7) is 8.32. The van der Waals surface area contributed by atoms with Crippen LogP contribution in [0.5, 0.6) is 0 Å². The third-order valence-electron chi connectivity index (χ3n) is 4.54. The first-order valence-corrected chi connectivity index (χ1v) is 7.80. The first-order chi connectivity index (χ1) is 9.22. The summed E-state index contributed by atoms with van der Waals surface area (Å²) in [6.07, 6.45) is 5.12. The van der Waals surface area contributed by atoms with Crippen LogP contribution in [0.15, 0.2) is 30.3 Å². The van der Waals surface area contributed by atoms with Gasteiger partial charge in [-0.3, -0.25) is 4.79 Å². The Morgan fingerprint density at radius 2 is 1.68 bits per heavy atom. The second-order valence-electron chi connectivity index (χ2n) is 5.28. The maximum Gasteiger partial charge on any atom is 0.142 e. The Bertz CT molecular complexity index is 376. The standard InChI is InChI=1S/C16H22O.C2H6/c1-3-16(4-2)11-10-14(15(16)17)12-13-8-6-5-7-9-13;1-2/h5-9,14H,3-4,10-12H2,1-2H3;1-2H3. The molecule has 0 amide bonds. The Hall–Kier alpha value is -1.11. The zero-order valence-electron chi connectivity index (χ0n) is 12.9. The maximum atomic E-state index is 12.5. The van der Waals surface area contributed by atoms with Gasteiger partial charge < -0.3 is 0 Å². The van der Waals surface area contributed by atoms with E-state index >= 15 is 0 Å². The molecule has 0 spiro atoms. The summed E-state index contributed by atoms with van der Waals surface area (Å²) in [5, 5.41) is 0. The van der Waals surface area contributed by atoms with Gasteiger partial charge in [0.2, 0.25) is 0 Å². The van der Waals surface area contributed by atoms with Gasteiger partial charge in [-0.25, -0.2) is 0 Å². The minimum Gasteiger partial charge on any atom is -0.299 e. The molecule has 0 saturated heterocycles. The van der Waals surface area contributed by atoms with Crippen molar-refractivity contribution in [2.45, 2.75) is 59.8 Å². The molecule has 1 fully saturated rings. The molecule has 0 radical (unpaired) electrons. The molecule has 1 aliphatic rings. The van der Waals surface area contributed by atoms with E-state index in [4.69, 9.17) is 0 Å². The van der Waals surface area contributed by atoms with Gasteiger partial charge in [0, 0.05) is 11.3 Å². The first kappa shape index (κ1) is 15.9. The number of Topliss-reactive ketones (excluding diaryl/α,β-unsaturated/α-hetero) is 1. The van der Waals surface area contributed by atoms with Crippen LogP contribution in [-0.2, 0) is 11.2 Å². The van der Waals surface area contributed by atoms with Crippen LogP contribution in [0.1, 0.15) is 58.9 Å². The second kappa shape index (κ2) is 7.47. The van der Waals surface area contributed by atoms with E-state index in [0.717, 1.165) is 32.1 Å². The minimum absolute atomic E-state index is 0.000549. The molecule has 0 heterocycles. The molecule has 1 aliphatic carbocycles. The highest BCUT2D eigenvalue weighted by Crippen LogP contribution is 2.44. The van der Waals surface area contributed by atoms with Gasteiger partial charge in [-0.05, 0) is 37.7 Å². The Morgan fingerprint density at radius 3 is 2.16 bits per heavy atom. The van der Waals surface area contributed by atoms with E-state index in [0.29, 0.717) is 5.78 Å². The van der Waals surface area contributed by atoms with Crippen LogP contribution in [0.4, 0.5) is 0 Å². The van der Waals surface area contributed by atoms with Crippen LogP contribution in [0, 0.1) is 11.3 Å². The van der Waals surface area contributed by atoms with E-state index in [2.05, 4.69) is 38.1 Å². The Kier molecular flexibility index (Phi) is 6.27. The van der Waals surface area contributed by atoms with Crippen molar-refractivity contribution in [1.29, 1.82) is 0 Å². The fraction of sp³-hybridized carbons (Fsp3) is 0.611. The lowest BCUT2D eigenvalue weighted by molar-refractivity contribution is -0.129. The molecule has 0 aromatic heterocycles. The summed E-state index contributed by atoms with van der Waals surface area (Å²) >= 11 is 0. The molecule has 0 bridgehead atoms. The van der Waals surface area contributed by atoms with Crippen molar-refractivity contribution in [1.82, 2.24) is 0 Å². The molecule has 1 atom stereocenters. The van der Waals surface area contributed by atoms with E-state index in [9.17, 15) is 4.79 Å². The largest absolute Gasteiger partial charge is 0.299 e. The fourth-order valence-electron chi connectivity index (χ4n) is 3.18. The van der Waals surface area contributed by atoms with Gasteiger partial charge >= 0.3 is 0 Å². The van der Waals surface area contributed by atoms with Crippen LogP contribution >= 0.6 is 0 Å². The summed E-state index contributed by atoms with van der Waals surface area (Å²) < 4.78 is 0. The smallest absolute Gasteiger partial charge is 0.142 e. The average molecular weight is 260 g/mol. The fourth-order valence-corrected chi connectivity index (χ4v) is 3.18. The molecule has 1 saturated carbocycles. The molecular weight excluding hydrogens is 232 g/mol. The molecule has 0 N–H and O–H groups in total. The maximum absolute atomic E-state index is 12.5. The Balaban J connectivity index is 0.000000861. The molecule has 1 nitrogen and oxygen atoms in total. The second-order valence-corrected chi connectivity index (χ2v) is 5.28. The molecule has 1 unspecified atom stereocenters. The van der Waals surface area contributed by atoms with Crippen molar-refractivity contribution in [3.8, 4) is 0 Å². The zero-order chi connectivity index (χ0) is 14.3. The lowest BCUT2D eigenvalue weighted by Crippen LogP contribution is -2.28. The van der Waals surface area contributed by atoms with Gasteiger partial charge in [-0.1, -0.05) is 58.0 Å². The number of hydrogen-bond donors (Lipinski definition) is 0. The summed E-state index contributed by atoms with van der Waals surface area (Å²) in [6, 6.07) is 10.4. The zero-order valence-corrected chi connectivity index (χ0v) is 12.9. The lowest BCUT2D eigenvalue weighted by atomic mass is 9.78. The highest BCUT2D eigenvalue weighted by atomic mass is 16.1. The predicted octanol–water partition coefficient (Wildman–Crippen LogP) is 5.04. The molecular formula is C18H28O. The molecule has 0 aliphatic heterocycles. The number of ketones is 1. The van der Waals surface area contributed by atoms with E-state index in [1.54, 1.807) is 0 Å². The normalized spacial score (nSPS) is 20.8. The van der Waals surface area contributed by atoms with Crippen LogP contribution in [0.2, 0.25) is 0 Å². The van der Waals surface area contributed by atoms with Gasteiger partial charge in [-0.2, -0.15) is 0 Å². The predicted molar refractivity (Wildman–Crippen MR) is 82.2 cm³/mol.